The van der Waals surface area contributed by atoms with Crippen LogP contribution in [0.2, 0.25) is 0 Å². The Bertz CT molecular complexity index is 1110. The molecule has 1 unspecified atom stereocenters. The first-order chi connectivity index (χ1) is 14.0. The van der Waals surface area contributed by atoms with E-state index in [4.69, 9.17) is 0 Å². The number of nitrogens with zero attached hydrogens (tertiary/aromatic N) is 5. The first kappa shape index (κ1) is 18.9. The molecular weight excluding hydrogens is 371 g/mol. The van der Waals surface area contributed by atoms with Gasteiger partial charge in [-0.25, -0.2) is 19.3 Å². The SMILES string of the molecule is CC(C)(CO)C(Nc1ncccn1)(c1ccc(F)cc1)c1cnc2cnccn12. The predicted molar refractivity (Wildman–Crippen MR) is 107 cm³/mol. The molecule has 0 saturated heterocycles. The van der Waals surface area contributed by atoms with Crippen molar-refractivity contribution in [2.24, 2.45) is 5.41 Å². The number of fused-ring (bicyclic) bond motifs is 1. The van der Waals surface area contributed by atoms with Gasteiger partial charge in [-0.3, -0.25) is 9.38 Å². The van der Waals surface area contributed by atoms with Crippen LogP contribution < -0.4 is 5.32 Å². The monoisotopic (exact) mass is 392 g/mol. The van der Waals surface area contributed by atoms with Crippen molar-refractivity contribution in [1.29, 1.82) is 0 Å². The summed E-state index contributed by atoms with van der Waals surface area (Å²) in [4.78, 5) is 17.3. The lowest BCUT2D eigenvalue weighted by molar-refractivity contribution is 0.101. The zero-order chi connectivity index (χ0) is 20.5. The Hall–Kier alpha value is -3.39. The fourth-order valence-corrected chi connectivity index (χ4v) is 3.66. The second-order valence-corrected chi connectivity index (χ2v) is 7.44. The number of rotatable bonds is 6. The average molecular weight is 392 g/mol. The highest BCUT2D eigenvalue weighted by Crippen LogP contribution is 2.47. The van der Waals surface area contributed by atoms with Crippen LogP contribution in [0.1, 0.15) is 25.1 Å². The van der Waals surface area contributed by atoms with Crippen LogP contribution in [0.25, 0.3) is 5.65 Å². The lowest BCUT2D eigenvalue weighted by Crippen LogP contribution is -2.52. The minimum absolute atomic E-state index is 0.164. The zero-order valence-corrected chi connectivity index (χ0v) is 16.1. The topological polar surface area (TPSA) is 88.2 Å². The summed E-state index contributed by atoms with van der Waals surface area (Å²) < 4.78 is 15.6. The van der Waals surface area contributed by atoms with E-state index in [0.717, 1.165) is 11.3 Å². The van der Waals surface area contributed by atoms with Crippen molar-refractivity contribution in [3.05, 3.63) is 84.6 Å². The van der Waals surface area contributed by atoms with E-state index in [2.05, 4.69) is 25.3 Å². The Balaban J connectivity index is 2.06. The van der Waals surface area contributed by atoms with Crippen LogP contribution in [0, 0.1) is 11.2 Å². The number of hydrogen-bond donors (Lipinski definition) is 2. The van der Waals surface area contributed by atoms with Crippen molar-refractivity contribution in [3.63, 3.8) is 0 Å². The number of benzene rings is 1. The fourth-order valence-electron chi connectivity index (χ4n) is 3.66. The van der Waals surface area contributed by atoms with Crippen molar-refractivity contribution in [3.8, 4) is 0 Å². The van der Waals surface area contributed by atoms with E-state index in [9.17, 15) is 9.50 Å². The summed E-state index contributed by atoms with van der Waals surface area (Å²) in [5, 5.41) is 13.8. The Labute approximate surface area is 167 Å². The van der Waals surface area contributed by atoms with Gasteiger partial charge in [-0.1, -0.05) is 26.0 Å². The Morgan fingerprint density at radius 3 is 2.45 bits per heavy atom. The lowest BCUT2D eigenvalue weighted by atomic mass is 9.66. The normalized spacial score (nSPS) is 13.9. The zero-order valence-electron chi connectivity index (χ0n) is 16.1. The summed E-state index contributed by atoms with van der Waals surface area (Å²) in [6, 6.07) is 7.92. The van der Waals surface area contributed by atoms with Crippen molar-refractivity contribution < 1.29 is 9.50 Å². The molecular formula is C21H21FN6O. The number of nitrogens with one attached hydrogen (secondary N) is 1. The molecule has 0 fully saturated rings. The maximum absolute atomic E-state index is 13.8. The third-order valence-corrected chi connectivity index (χ3v) is 5.25. The number of anilines is 1. The van der Waals surface area contributed by atoms with Gasteiger partial charge in [-0.05, 0) is 23.8 Å². The van der Waals surface area contributed by atoms with Gasteiger partial charge in [-0.15, -0.1) is 0 Å². The molecule has 29 heavy (non-hydrogen) atoms. The van der Waals surface area contributed by atoms with Crippen molar-refractivity contribution in [1.82, 2.24) is 24.3 Å². The summed E-state index contributed by atoms with van der Waals surface area (Å²) >= 11 is 0. The van der Waals surface area contributed by atoms with Gasteiger partial charge >= 0.3 is 0 Å². The van der Waals surface area contributed by atoms with Gasteiger partial charge in [0.15, 0.2) is 5.65 Å². The summed E-state index contributed by atoms with van der Waals surface area (Å²) in [6.07, 6.45) is 10.1. The first-order valence-corrected chi connectivity index (χ1v) is 9.17. The van der Waals surface area contributed by atoms with Crippen LogP contribution in [0.4, 0.5) is 10.3 Å². The molecule has 4 rings (SSSR count). The van der Waals surface area contributed by atoms with Crippen molar-refractivity contribution >= 4 is 11.6 Å². The highest BCUT2D eigenvalue weighted by Gasteiger charge is 2.50. The van der Waals surface area contributed by atoms with Crippen molar-refractivity contribution in [2.75, 3.05) is 11.9 Å². The molecule has 1 atom stereocenters. The number of hydrogen-bond acceptors (Lipinski definition) is 6. The van der Waals surface area contributed by atoms with E-state index in [1.165, 1.54) is 12.1 Å². The Morgan fingerprint density at radius 1 is 1.03 bits per heavy atom. The lowest BCUT2D eigenvalue weighted by Gasteiger charge is -2.46. The van der Waals surface area contributed by atoms with Crippen LogP contribution in [0.3, 0.4) is 0 Å². The standard InChI is InChI=1S/C21H21FN6O/c1-20(2,14-29)21(15-4-6-16(22)7-5-15,27-19-24-8-3-9-25-19)17-12-26-18-13-23-10-11-28(17)18/h3-13,29H,14H2,1-2H3,(H,24,25,27). The van der Waals surface area contributed by atoms with Crippen molar-refractivity contribution in [2.45, 2.75) is 19.4 Å². The Morgan fingerprint density at radius 2 is 1.76 bits per heavy atom. The molecule has 0 aliphatic rings. The number of halogens is 1. The largest absolute Gasteiger partial charge is 0.396 e. The second kappa shape index (κ2) is 7.21. The van der Waals surface area contributed by atoms with Crippen LogP contribution >= 0.6 is 0 Å². The summed E-state index contributed by atoms with van der Waals surface area (Å²) in [5.74, 6) is 0.0325. The molecule has 1 aromatic carbocycles. The Kier molecular flexibility index (Phi) is 4.71. The van der Waals surface area contributed by atoms with E-state index in [0.29, 0.717) is 11.6 Å². The molecule has 0 radical (unpaired) electrons. The van der Waals surface area contributed by atoms with E-state index in [1.54, 1.807) is 55.4 Å². The summed E-state index contributed by atoms with van der Waals surface area (Å²) in [5.41, 5.74) is 0.344. The first-order valence-electron chi connectivity index (χ1n) is 9.17. The van der Waals surface area contributed by atoms with E-state index >= 15 is 0 Å². The van der Waals surface area contributed by atoms with E-state index < -0.39 is 11.0 Å². The van der Waals surface area contributed by atoms with Gasteiger partial charge in [0, 0.05) is 30.2 Å². The summed E-state index contributed by atoms with van der Waals surface area (Å²) in [6.45, 7) is 3.68. The molecule has 0 amide bonds. The second-order valence-electron chi connectivity index (χ2n) is 7.44. The van der Waals surface area contributed by atoms with Gasteiger partial charge in [0.05, 0.1) is 24.7 Å². The maximum atomic E-state index is 13.8. The molecule has 4 aromatic rings. The average Bonchev–Trinajstić information content (AvgIpc) is 3.18. The molecule has 0 bridgehead atoms. The molecule has 0 aliphatic heterocycles. The molecule has 7 nitrogen and oxygen atoms in total. The molecule has 0 spiro atoms. The van der Waals surface area contributed by atoms with Crippen LogP contribution in [-0.4, -0.2) is 36.1 Å². The molecule has 8 heteroatoms. The van der Waals surface area contributed by atoms with Gasteiger partial charge in [0.25, 0.3) is 0 Å². The number of imidazole rings is 1. The van der Waals surface area contributed by atoms with Crippen LogP contribution in [0.5, 0.6) is 0 Å². The number of aromatic nitrogens is 5. The van der Waals surface area contributed by atoms with Crippen LogP contribution in [0.15, 0.2) is 67.5 Å². The minimum Gasteiger partial charge on any atom is -0.396 e. The third-order valence-electron chi connectivity index (χ3n) is 5.25. The predicted octanol–water partition coefficient (Wildman–Crippen LogP) is 3.03. The highest BCUT2D eigenvalue weighted by molar-refractivity contribution is 5.51. The minimum atomic E-state index is -1.03. The molecule has 3 aromatic heterocycles. The van der Waals surface area contributed by atoms with Gasteiger partial charge in [-0.2, -0.15) is 0 Å². The highest BCUT2D eigenvalue weighted by atomic mass is 19.1. The van der Waals surface area contributed by atoms with E-state index in [1.807, 2.05) is 18.2 Å². The van der Waals surface area contributed by atoms with Crippen LogP contribution in [-0.2, 0) is 5.54 Å². The number of aliphatic hydroxyl groups excluding tert-OH is 1. The third kappa shape index (κ3) is 3.11. The summed E-state index contributed by atoms with van der Waals surface area (Å²) in [7, 11) is 0. The molecule has 0 aliphatic carbocycles. The quantitative estimate of drug-likeness (QED) is 0.524. The fraction of sp³-hybridized carbons (Fsp3) is 0.238. The number of aliphatic hydroxyl groups is 1. The van der Waals surface area contributed by atoms with E-state index in [-0.39, 0.29) is 12.4 Å². The molecule has 148 valence electrons. The smallest absolute Gasteiger partial charge is 0.223 e. The van der Waals surface area contributed by atoms with Gasteiger partial charge in [0.1, 0.15) is 11.4 Å². The van der Waals surface area contributed by atoms with Gasteiger partial charge < -0.3 is 10.4 Å². The molecule has 2 N–H and O–H groups in total. The molecule has 0 saturated carbocycles. The molecule has 3 heterocycles. The maximum Gasteiger partial charge on any atom is 0.223 e. The van der Waals surface area contributed by atoms with Gasteiger partial charge in [0.2, 0.25) is 5.95 Å².